The molecule has 16 heteroatoms. The number of imide groups is 2. The Kier molecular flexibility index (Phi) is 12.3. The molecule has 0 aromatic heterocycles. The van der Waals surface area contributed by atoms with Crippen molar-refractivity contribution >= 4 is 70.2 Å². The van der Waals surface area contributed by atoms with E-state index in [-0.39, 0.29) is 67.4 Å². The van der Waals surface area contributed by atoms with Gasteiger partial charge in [-0.1, -0.05) is 65.1 Å². The van der Waals surface area contributed by atoms with E-state index >= 15 is 0 Å². The molecule has 0 saturated carbocycles. The molecule has 0 aliphatic carbocycles. The number of hydrogen-bond donors (Lipinski definition) is 0. The highest BCUT2D eigenvalue weighted by Crippen LogP contribution is 2.38. The van der Waals surface area contributed by atoms with Crippen molar-refractivity contribution in [3.63, 3.8) is 0 Å². The lowest BCUT2D eigenvalue weighted by Gasteiger charge is -2.43. The Hall–Kier alpha value is -5.18. The average Bonchev–Trinajstić information content (AvgIpc) is 3.80. The van der Waals surface area contributed by atoms with Crippen LogP contribution < -0.4 is 0 Å². The number of piperidine rings is 4. The zero-order chi connectivity index (χ0) is 46.0. The zero-order valence-electron chi connectivity index (χ0n) is 36.2. The van der Waals surface area contributed by atoms with Gasteiger partial charge in [0.25, 0.3) is 23.6 Å². The predicted molar refractivity (Wildman–Crippen MR) is 245 cm³/mol. The standard InChI is InChI=1S/C50H48Cl3FN6O6/c51-37-19-30(20-38(52)24-37)26-56-17-13-32(14-18-56)34-3-5-40-36(23-34)28-58(48(40)64)44-8-10-46(62)60(50(44)66)59-45(61)9-7-43(49(59)65)57-27-35-22-33(2-4-39(35)47(57)63)31-11-15-55(16-12-31)25-29-1-6-41(53)42(54)21-29/h1-6,19-24,31-32,43-44H,7-18,25-28H2. The van der Waals surface area contributed by atoms with Gasteiger partial charge in [0.15, 0.2) is 0 Å². The molecule has 342 valence electrons. The predicted octanol–water partition coefficient (Wildman–Crippen LogP) is 8.11. The van der Waals surface area contributed by atoms with Crippen LogP contribution >= 0.6 is 34.8 Å². The van der Waals surface area contributed by atoms with Crippen LogP contribution in [0.25, 0.3) is 0 Å². The van der Waals surface area contributed by atoms with Crippen LogP contribution in [0.2, 0.25) is 15.1 Å². The fourth-order valence-corrected chi connectivity index (χ4v) is 11.6. The fourth-order valence-electron chi connectivity index (χ4n) is 10.9. The second-order valence-corrected chi connectivity index (χ2v) is 19.8. The first kappa shape index (κ1) is 44.6. The van der Waals surface area contributed by atoms with Crippen molar-refractivity contribution in [3.05, 3.63) is 138 Å². The van der Waals surface area contributed by atoms with Crippen molar-refractivity contribution in [1.29, 1.82) is 0 Å². The van der Waals surface area contributed by atoms with E-state index < -0.39 is 41.5 Å². The van der Waals surface area contributed by atoms with E-state index in [4.69, 9.17) is 34.8 Å². The first-order chi connectivity index (χ1) is 31.8. The fraction of sp³-hybridized carbons (Fsp3) is 0.400. The van der Waals surface area contributed by atoms with Crippen LogP contribution in [0.15, 0.2) is 72.8 Å². The van der Waals surface area contributed by atoms with Gasteiger partial charge in [-0.3, -0.25) is 38.6 Å². The van der Waals surface area contributed by atoms with Crippen molar-refractivity contribution in [2.45, 2.75) is 101 Å². The number of carbonyl (C=O) groups is 6. The van der Waals surface area contributed by atoms with Gasteiger partial charge in [-0.25, -0.2) is 4.39 Å². The van der Waals surface area contributed by atoms with Gasteiger partial charge < -0.3 is 9.80 Å². The van der Waals surface area contributed by atoms with Gasteiger partial charge in [0.2, 0.25) is 11.8 Å². The summed E-state index contributed by atoms with van der Waals surface area (Å²) in [5.41, 5.74) is 6.67. The molecule has 0 radical (unpaired) electrons. The summed E-state index contributed by atoms with van der Waals surface area (Å²) in [6.07, 6.45) is 3.40. The monoisotopic (exact) mass is 952 g/mol. The van der Waals surface area contributed by atoms with Crippen molar-refractivity contribution in [2.24, 2.45) is 0 Å². The maximum atomic E-state index is 14.4. The van der Waals surface area contributed by atoms with Gasteiger partial charge in [0.05, 0.1) is 5.02 Å². The number of carbonyl (C=O) groups excluding carboxylic acids is 6. The molecule has 0 N–H and O–H groups in total. The Labute approximate surface area is 397 Å². The minimum absolute atomic E-state index is 0.0500. The van der Waals surface area contributed by atoms with Gasteiger partial charge in [-0.05, 0) is 152 Å². The van der Waals surface area contributed by atoms with Crippen LogP contribution in [0.4, 0.5) is 4.39 Å². The maximum absolute atomic E-state index is 14.4. The van der Waals surface area contributed by atoms with E-state index in [1.807, 2.05) is 48.5 Å². The van der Waals surface area contributed by atoms with E-state index in [0.29, 0.717) is 37.7 Å². The Bertz CT molecular complexity index is 2660. The summed E-state index contributed by atoms with van der Waals surface area (Å²) in [6, 6.07) is 20.0. The third kappa shape index (κ3) is 8.53. The van der Waals surface area contributed by atoms with Crippen molar-refractivity contribution in [1.82, 2.24) is 29.6 Å². The third-order valence-corrected chi connectivity index (χ3v) is 15.2. The van der Waals surface area contributed by atoms with Crippen LogP contribution in [0, 0.1) is 5.82 Å². The largest absolute Gasteiger partial charge is 0.322 e. The normalized spacial score (nSPS) is 22.5. The number of nitrogens with zero attached hydrogens (tertiary/aromatic N) is 6. The molecule has 0 spiro atoms. The summed E-state index contributed by atoms with van der Waals surface area (Å²) >= 11 is 18.3. The smallest absolute Gasteiger partial charge is 0.271 e. The molecule has 66 heavy (non-hydrogen) atoms. The summed E-state index contributed by atoms with van der Waals surface area (Å²) in [5.74, 6) is -3.62. The lowest BCUT2D eigenvalue weighted by atomic mass is 9.87. The molecule has 6 amide bonds. The Morgan fingerprint density at radius 3 is 1.42 bits per heavy atom. The third-order valence-electron chi connectivity index (χ3n) is 14.4. The van der Waals surface area contributed by atoms with Crippen LogP contribution in [0.3, 0.4) is 0 Å². The van der Waals surface area contributed by atoms with Crippen LogP contribution in [-0.2, 0) is 45.4 Å². The minimum Gasteiger partial charge on any atom is -0.322 e. The second kappa shape index (κ2) is 18.1. The van der Waals surface area contributed by atoms with E-state index in [2.05, 4.69) is 9.80 Å². The number of benzene rings is 4. The van der Waals surface area contributed by atoms with E-state index in [1.54, 1.807) is 18.2 Å². The average molecular weight is 954 g/mol. The summed E-state index contributed by atoms with van der Waals surface area (Å²) < 4.78 is 14.0. The highest BCUT2D eigenvalue weighted by Gasteiger charge is 2.51. The molecule has 4 fully saturated rings. The summed E-state index contributed by atoms with van der Waals surface area (Å²) in [7, 11) is 0. The topological polar surface area (TPSA) is 122 Å². The number of hydrazine groups is 1. The number of amides is 6. The summed E-state index contributed by atoms with van der Waals surface area (Å²) in [4.78, 5) is 91.2. The quantitative estimate of drug-likeness (QED) is 0.155. The van der Waals surface area contributed by atoms with Gasteiger partial charge in [0, 0.05) is 60.2 Å². The molecule has 2 unspecified atom stereocenters. The molecule has 4 aromatic carbocycles. The number of halogens is 4. The maximum Gasteiger partial charge on any atom is 0.271 e. The number of hydrogen-bond acceptors (Lipinski definition) is 8. The molecule has 12 nitrogen and oxygen atoms in total. The van der Waals surface area contributed by atoms with Gasteiger partial charge in [-0.2, -0.15) is 10.0 Å². The Balaban J connectivity index is 0.777. The molecule has 10 rings (SSSR count). The van der Waals surface area contributed by atoms with Crippen molar-refractivity contribution in [2.75, 3.05) is 26.2 Å². The van der Waals surface area contributed by atoms with Crippen LogP contribution in [0.1, 0.15) is 117 Å². The second-order valence-electron chi connectivity index (χ2n) is 18.5. The van der Waals surface area contributed by atoms with Gasteiger partial charge in [-0.15, -0.1) is 0 Å². The summed E-state index contributed by atoms with van der Waals surface area (Å²) in [6.45, 7) is 5.06. The molecule has 6 aliphatic rings. The van der Waals surface area contributed by atoms with E-state index in [1.165, 1.54) is 15.9 Å². The van der Waals surface area contributed by atoms with Crippen LogP contribution in [0.5, 0.6) is 0 Å². The number of likely N-dealkylation sites (tertiary alicyclic amines) is 2. The molecule has 4 saturated heterocycles. The molecule has 4 aromatic rings. The molecule has 6 heterocycles. The molecule has 6 aliphatic heterocycles. The molecular formula is C50H48Cl3FN6O6. The first-order valence-electron chi connectivity index (χ1n) is 22.7. The van der Waals surface area contributed by atoms with Crippen molar-refractivity contribution in [3.8, 4) is 0 Å². The zero-order valence-corrected chi connectivity index (χ0v) is 38.5. The van der Waals surface area contributed by atoms with Gasteiger partial charge in [0.1, 0.15) is 17.9 Å². The van der Waals surface area contributed by atoms with E-state index in [9.17, 15) is 33.2 Å². The minimum atomic E-state index is -1.08. The molecule has 0 bridgehead atoms. The lowest BCUT2D eigenvalue weighted by Crippen LogP contribution is -2.67. The summed E-state index contributed by atoms with van der Waals surface area (Å²) in [5, 5.41) is 2.60. The highest BCUT2D eigenvalue weighted by atomic mass is 35.5. The molecule has 2 atom stereocenters. The SMILES string of the molecule is O=C1c2ccc(C3CCN(Cc4cc(Cl)cc(Cl)c4)CC3)cc2CN1C1CCC(=O)N(N2C(=O)CCC(N3Cc4cc(C5CCN(Cc6ccc(Cl)c(F)c6)CC5)ccc4C3=O)C2=O)C1=O. The first-order valence-corrected chi connectivity index (χ1v) is 23.9. The number of rotatable bonds is 9. The van der Waals surface area contributed by atoms with E-state index in [0.717, 1.165) is 91.8 Å². The Morgan fingerprint density at radius 1 is 0.515 bits per heavy atom. The van der Waals surface area contributed by atoms with Crippen molar-refractivity contribution < 1.29 is 33.2 Å². The van der Waals surface area contributed by atoms with Crippen LogP contribution in [-0.4, -0.2) is 103 Å². The highest BCUT2D eigenvalue weighted by molar-refractivity contribution is 6.34. The Morgan fingerprint density at radius 2 is 0.970 bits per heavy atom. The molecular weight excluding hydrogens is 906 g/mol. The van der Waals surface area contributed by atoms with Gasteiger partial charge >= 0.3 is 0 Å². The number of fused-ring (bicyclic) bond motifs is 2. The lowest BCUT2D eigenvalue weighted by molar-refractivity contribution is -0.189.